The molecule has 0 aromatic heterocycles. The van der Waals surface area contributed by atoms with E-state index in [9.17, 15) is 4.79 Å². The first-order valence-corrected chi connectivity index (χ1v) is 5.61. The molecule has 88 valence electrons. The van der Waals surface area contributed by atoms with Gasteiger partial charge in [-0.15, -0.1) is 11.6 Å². The zero-order chi connectivity index (χ0) is 12.0. The second-order valence-corrected chi connectivity index (χ2v) is 6.06. The Morgan fingerprint density at radius 2 is 2.00 bits per heavy atom. The van der Waals surface area contributed by atoms with Gasteiger partial charge in [-0.05, 0) is 34.6 Å². The Bertz CT molecular complexity index is 272. The van der Waals surface area contributed by atoms with Crippen LogP contribution in [-0.4, -0.2) is 40.5 Å². The highest BCUT2D eigenvalue weighted by molar-refractivity contribution is 6.25. The Morgan fingerprint density at radius 1 is 1.53 bits per heavy atom. The van der Waals surface area contributed by atoms with Crippen molar-refractivity contribution in [1.82, 2.24) is 4.90 Å². The van der Waals surface area contributed by atoms with E-state index in [0.717, 1.165) is 0 Å². The van der Waals surface area contributed by atoms with Crippen molar-refractivity contribution in [3.63, 3.8) is 0 Å². The average molecular weight is 234 g/mol. The summed E-state index contributed by atoms with van der Waals surface area (Å²) in [5, 5.41) is 0. The number of hydrogen-bond acceptors (Lipinski definition) is 2. The molecule has 1 rings (SSSR count). The number of amides is 1. The predicted molar refractivity (Wildman–Crippen MR) is 61.1 cm³/mol. The first-order chi connectivity index (χ1) is 6.66. The Morgan fingerprint density at radius 3 is 2.27 bits per heavy atom. The fourth-order valence-corrected chi connectivity index (χ4v) is 2.72. The van der Waals surface area contributed by atoms with Gasteiger partial charge in [-0.1, -0.05) is 0 Å². The molecule has 0 aromatic rings. The first kappa shape index (κ1) is 12.8. The smallest absolute Gasteiger partial charge is 0.257 e. The van der Waals surface area contributed by atoms with Gasteiger partial charge in [0.25, 0.3) is 5.91 Å². The number of carbonyl (C=O) groups excluding carboxylic acids is 1. The SMILES string of the molecule is CO[C@]1(C)C(=O)N(C(C)C)[C@@H]1C(C)(C)Cl. The van der Waals surface area contributed by atoms with Gasteiger partial charge in [0.1, 0.15) is 0 Å². The highest BCUT2D eigenvalue weighted by atomic mass is 35.5. The highest BCUT2D eigenvalue weighted by Gasteiger charge is 2.63. The third-order valence-corrected chi connectivity index (χ3v) is 3.30. The quantitative estimate of drug-likeness (QED) is 0.552. The summed E-state index contributed by atoms with van der Waals surface area (Å²) >= 11 is 6.33. The average Bonchev–Trinajstić information content (AvgIpc) is 2.08. The number of alkyl halides is 1. The van der Waals surface area contributed by atoms with Crippen LogP contribution in [0.1, 0.15) is 34.6 Å². The Labute approximate surface area is 96.7 Å². The van der Waals surface area contributed by atoms with Crippen LogP contribution in [0.2, 0.25) is 0 Å². The molecule has 1 aliphatic rings. The van der Waals surface area contributed by atoms with Crippen LogP contribution in [-0.2, 0) is 9.53 Å². The van der Waals surface area contributed by atoms with E-state index in [1.165, 1.54) is 0 Å². The Balaban J connectivity index is 3.03. The number of carbonyl (C=O) groups is 1. The molecule has 1 amide bonds. The summed E-state index contributed by atoms with van der Waals surface area (Å²) in [4.78, 5) is 13.3. The molecule has 0 saturated carbocycles. The third kappa shape index (κ3) is 1.76. The van der Waals surface area contributed by atoms with Crippen molar-refractivity contribution >= 4 is 17.5 Å². The predicted octanol–water partition coefficient (Wildman–Crippen LogP) is 2.03. The number of halogens is 1. The van der Waals surface area contributed by atoms with Crippen LogP contribution >= 0.6 is 11.6 Å². The van der Waals surface area contributed by atoms with Crippen molar-refractivity contribution in [1.29, 1.82) is 0 Å². The molecule has 0 unspecified atom stereocenters. The first-order valence-electron chi connectivity index (χ1n) is 5.23. The molecule has 0 spiro atoms. The zero-order valence-electron chi connectivity index (χ0n) is 10.3. The number of rotatable bonds is 3. The number of likely N-dealkylation sites (tertiary alicyclic amines) is 1. The summed E-state index contributed by atoms with van der Waals surface area (Å²) in [6.07, 6.45) is 0. The molecule has 0 aliphatic carbocycles. The fourth-order valence-electron chi connectivity index (χ4n) is 2.41. The van der Waals surface area contributed by atoms with E-state index >= 15 is 0 Å². The van der Waals surface area contributed by atoms with Crippen molar-refractivity contribution in [3.8, 4) is 0 Å². The standard InChI is InChI=1S/C11H20ClNO2/c1-7(2)13-8(10(3,4)12)11(5,15-6)9(13)14/h7-8H,1-6H3/t8-,11+/m1/s1. The van der Waals surface area contributed by atoms with Crippen molar-refractivity contribution in [3.05, 3.63) is 0 Å². The number of nitrogens with zero attached hydrogens (tertiary/aromatic N) is 1. The summed E-state index contributed by atoms with van der Waals surface area (Å²) in [5.74, 6) is 0.0266. The molecule has 1 aliphatic heterocycles. The van der Waals surface area contributed by atoms with Gasteiger partial charge in [0, 0.05) is 13.2 Å². The number of β-lactam (4-membered cyclic amide) rings is 1. The molecule has 1 heterocycles. The van der Waals surface area contributed by atoms with Crippen molar-refractivity contribution < 1.29 is 9.53 Å². The monoisotopic (exact) mass is 233 g/mol. The minimum atomic E-state index is -0.768. The lowest BCUT2D eigenvalue weighted by Crippen LogP contribution is -2.79. The summed E-state index contributed by atoms with van der Waals surface area (Å²) < 4.78 is 5.33. The Hall–Kier alpha value is -0.280. The van der Waals surface area contributed by atoms with Gasteiger partial charge in [0.15, 0.2) is 5.60 Å². The van der Waals surface area contributed by atoms with Gasteiger partial charge in [0.05, 0.1) is 10.9 Å². The molecule has 15 heavy (non-hydrogen) atoms. The van der Waals surface area contributed by atoms with E-state index in [2.05, 4.69) is 0 Å². The third-order valence-electron chi connectivity index (χ3n) is 3.09. The van der Waals surface area contributed by atoms with Crippen LogP contribution < -0.4 is 0 Å². The van der Waals surface area contributed by atoms with Gasteiger partial charge in [0.2, 0.25) is 0 Å². The fraction of sp³-hybridized carbons (Fsp3) is 0.909. The normalized spacial score (nSPS) is 32.1. The molecule has 3 nitrogen and oxygen atoms in total. The van der Waals surface area contributed by atoms with Gasteiger partial charge >= 0.3 is 0 Å². The van der Waals surface area contributed by atoms with E-state index in [0.29, 0.717) is 0 Å². The van der Waals surface area contributed by atoms with Crippen LogP contribution in [0, 0.1) is 0 Å². The lowest BCUT2D eigenvalue weighted by Gasteiger charge is -2.59. The summed E-state index contributed by atoms with van der Waals surface area (Å²) in [6.45, 7) is 9.62. The molecule has 0 aromatic carbocycles. The van der Waals surface area contributed by atoms with E-state index in [1.807, 2.05) is 34.6 Å². The summed E-state index contributed by atoms with van der Waals surface area (Å²) in [7, 11) is 1.56. The molecular weight excluding hydrogens is 214 g/mol. The second-order valence-electron chi connectivity index (χ2n) is 5.08. The molecule has 0 bridgehead atoms. The van der Waals surface area contributed by atoms with Crippen molar-refractivity contribution in [2.45, 2.75) is 57.2 Å². The molecule has 0 N–H and O–H groups in total. The van der Waals surface area contributed by atoms with Crippen molar-refractivity contribution in [2.24, 2.45) is 0 Å². The van der Waals surface area contributed by atoms with Gasteiger partial charge in [-0.2, -0.15) is 0 Å². The largest absolute Gasteiger partial charge is 0.366 e. The minimum absolute atomic E-state index is 0.0266. The van der Waals surface area contributed by atoms with E-state index in [-0.39, 0.29) is 18.0 Å². The summed E-state index contributed by atoms with van der Waals surface area (Å²) in [5.41, 5.74) is -0.768. The number of methoxy groups -OCH3 is 1. The van der Waals surface area contributed by atoms with Crippen LogP contribution in [0.15, 0.2) is 0 Å². The number of ether oxygens (including phenoxy) is 1. The highest BCUT2D eigenvalue weighted by Crippen LogP contribution is 2.43. The number of hydrogen-bond donors (Lipinski definition) is 0. The lowest BCUT2D eigenvalue weighted by atomic mass is 9.75. The topological polar surface area (TPSA) is 29.5 Å². The maximum absolute atomic E-state index is 12.0. The molecule has 4 heteroatoms. The van der Waals surface area contributed by atoms with Crippen molar-refractivity contribution in [2.75, 3.05) is 7.11 Å². The van der Waals surface area contributed by atoms with E-state index in [1.54, 1.807) is 12.0 Å². The van der Waals surface area contributed by atoms with Crippen LogP contribution in [0.4, 0.5) is 0 Å². The molecular formula is C11H20ClNO2. The van der Waals surface area contributed by atoms with E-state index in [4.69, 9.17) is 16.3 Å². The lowest BCUT2D eigenvalue weighted by molar-refractivity contribution is -0.202. The van der Waals surface area contributed by atoms with Crippen LogP contribution in [0.25, 0.3) is 0 Å². The molecule has 2 atom stereocenters. The van der Waals surface area contributed by atoms with Crippen LogP contribution in [0.5, 0.6) is 0 Å². The second kappa shape index (κ2) is 3.63. The summed E-state index contributed by atoms with van der Waals surface area (Å²) in [6, 6.07) is 0.0768. The van der Waals surface area contributed by atoms with Gasteiger partial charge < -0.3 is 9.64 Å². The Kier molecular flexibility index (Phi) is 3.10. The maximum Gasteiger partial charge on any atom is 0.257 e. The molecule has 1 fully saturated rings. The molecule has 0 radical (unpaired) electrons. The van der Waals surface area contributed by atoms with E-state index < -0.39 is 10.5 Å². The van der Waals surface area contributed by atoms with Gasteiger partial charge in [-0.25, -0.2) is 0 Å². The minimum Gasteiger partial charge on any atom is -0.366 e. The zero-order valence-corrected chi connectivity index (χ0v) is 11.1. The maximum atomic E-state index is 12.0. The molecule has 1 saturated heterocycles. The van der Waals surface area contributed by atoms with Crippen LogP contribution in [0.3, 0.4) is 0 Å². The van der Waals surface area contributed by atoms with Gasteiger partial charge in [-0.3, -0.25) is 4.79 Å².